The van der Waals surface area contributed by atoms with E-state index in [0.717, 1.165) is 23.2 Å². The van der Waals surface area contributed by atoms with Gasteiger partial charge >= 0.3 is 0 Å². The number of benzene rings is 1. The Hall–Kier alpha value is -0.500. The van der Waals surface area contributed by atoms with Gasteiger partial charge < -0.3 is 4.74 Å². The van der Waals surface area contributed by atoms with Crippen molar-refractivity contribution in [1.29, 1.82) is 0 Å². The molecule has 0 spiro atoms. The Morgan fingerprint density at radius 1 is 1.23 bits per heavy atom. The van der Waals surface area contributed by atoms with Crippen LogP contribution in [0.5, 0.6) is 5.75 Å². The highest BCUT2D eigenvalue weighted by molar-refractivity contribution is 9.10. The van der Waals surface area contributed by atoms with E-state index < -0.39 is 0 Å². The Balaban J connectivity index is 2.88. The minimum absolute atomic E-state index is 0.779. The van der Waals surface area contributed by atoms with Crippen LogP contribution in [0.25, 0.3) is 0 Å². The van der Waals surface area contributed by atoms with Crippen molar-refractivity contribution in [3.8, 4) is 5.75 Å². The van der Waals surface area contributed by atoms with Crippen LogP contribution in [-0.2, 0) is 0 Å². The lowest BCUT2D eigenvalue weighted by Gasteiger charge is -2.09. The zero-order valence-electron chi connectivity index (χ0n) is 8.36. The van der Waals surface area contributed by atoms with Crippen molar-refractivity contribution < 1.29 is 4.74 Å². The van der Waals surface area contributed by atoms with Crippen LogP contribution >= 0.6 is 15.9 Å². The van der Waals surface area contributed by atoms with E-state index in [-0.39, 0.29) is 0 Å². The third kappa shape index (κ3) is 2.73. The van der Waals surface area contributed by atoms with E-state index in [0.29, 0.717) is 0 Å². The minimum atomic E-state index is 0.779. The number of hydrogen-bond acceptors (Lipinski definition) is 1. The average Bonchev–Trinajstić information content (AvgIpc) is 2.09. The largest absolute Gasteiger partial charge is 0.492 e. The van der Waals surface area contributed by atoms with Crippen LogP contribution in [-0.4, -0.2) is 6.61 Å². The van der Waals surface area contributed by atoms with Crippen LogP contribution < -0.4 is 4.74 Å². The smallest absolute Gasteiger partial charge is 0.133 e. The quantitative estimate of drug-likeness (QED) is 0.783. The second-order valence-electron chi connectivity index (χ2n) is 3.22. The molecule has 1 rings (SSSR count). The molecule has 1 aromatic rings. The van der Waals surface area contributed by atoms with Crippen molar-refractivity contribution in [3.05, 3.63) is 27.7 Å². The van der Waals surface area contributed by atoms with E-state index in [1.807, 2.05) is 0 Å². The van der Waals surface area contributed by atoms with Gasteiger partial charge in [-0.15, -0.1) is 0 Å². The second kappa shape index (κ2) is 4.66. The minimum Gasteiger partial charge on any atom is -0.492 e. The summed E-state index contributed by atoms with van der Waals surface area (Å²) in [6.07, 6.45) is 1.04. The fourth-order valence-corrected chi connectivity index (χ4v) is 1.65. The van der Waals surface area contributed by atoms with Gasteiger partial charge in [-0.05, 0) is 59.5 Å². The summed E-state index contributed by atoms with van der Waals surface area (Å²) in [6, 6.07) is 4.18. The van der Waals surface area contributed by atoms with E-state index in [4.69, 9.17) is 4.74 Å². The van der Waals surface area contributed by atoms with Crippen molar-refractivity contribution in [2.24, 2.45) is 0 Å². The topological polar surface area (TPSA) is 9.23 Å². The van der Waals surface area contributed by atoms with E-state index in [2.05, 4.69) is 48.8 Å². The summed E-state index contributed by atoms with van der Waals surface area (Å²) in [7, 11) is 0. The first-order valence-corrected chi connectivity index (χ1v) is 5.34. The van der Waals surface area contributed by atoms with Crippen molar-refractivity contribution in [1.82, 2.24) is 0 Å². The van der Waals surface area contributed by atoms with Gasteiger partial charge in [0.1, 0.15) is 5.75 Å². The van der Waals surface area contributed by atoms with Gasteiger partial charge in [0.05, 0.1) is 11.1 Å². The molecule has 0 bridgehead atoms. The zero-order chi connectivity index (χ0) is 9.84. The molecule has 0 atom stereocenters. The van der Waals surface area contributed by atoms with Gasteiger partial charge in [-0.1, -0.05) is 6.92 Å². The zero-order valence-corrected chi connectivity index (χ0v) is 9.94. The standard InChI is InChI=1S/C11H15BrO/c1-4-5-13-11-7-9(3)8(2)6-10(11)12/h6-7H,4-5H2,1-3H3. The van der Waals surface area contributed by atoms with E-state index in [1.54, 1.807) is 0 Å². The number of rotatable bonds is 3. The van der Waals surface area contributed by atoms with E-state index in [9.17, 15) is 0 Å². The maximum absolute atomic E-state index is 5.57. The molecule has 0 radical (unpaired) electrons. The third-order valence-electron chi connectivity index (χ3n) is 2.01. The number of halogens is 1. The average molecular weight is 243 g/mol. The van der Waals surface area contributed by atoms with Crippen molar-refractivity contribution in [2.45, 2.75) is 27.2 Å². The van der Waals surface area contributed by atoms with Crippen LogP contribution in [0.2, 0.25) is 0 Å². The van der Waals surface area contributed by atoms with Crippen LogP contribution in [0.4, 0.5) is 0 Å². The maximum atomic E-state index is 5.57. The molecule has 72 valence electrons. The summed E-state index contributed by atoms with van der Waals surface area (Å²) >= 11 is 3.49. The molecule has 0 amide bonds. The molecular formula is C11H15BrO. The highest BCUT2D eigenvalue weighted by atomic mass is 79.9. The summed E-state index contributed by atoms with van der Waals surface area (Å²) in [6.45, 7) is 7.08. The predicted molar refractivity (Wildman–Crippen MR) is 59.4 cm³/mol. The summed E-state index contributed by atoms with van der Waals surface area (Å²) in [5.41, 5.74) is 2.56. The Morgan fingerprint density at radius 3 is 2.46 bits per heavy atom. The van der Waals surface area contributed by atoms with Crippen molar-refractivity contribution in [3.63, 3.8) is 0 Å². The molecule has 0 N–H and O–H groups in total. The highest BCUT2D eigenvalue weighted by Crippen LogP contribution is 2.28. The Kier molecular flexibility index (Phi) is 3.79. The molecule has 0 saturated heterocycles. The van der Waals surface area contributed by atoms with Crippen molar-refractivity contribution >= 4 is 15.9 Å². The fourth-order valence-electron chi connectivity index (χ4n) is 1.08. The summed E-state index contributed by atoms with van der Waals surface area (Å²) in [5.74, 6) is 0.949. The first kappa shape index (κ1) is 10.6. The molecule has 0 aromatic heterocycles. The highest BCUT2D eigenvalue weighted by Gasteiger charge is 2.03. The number of hydrogen-bond donors (Lipinski definition) is 0. The molecule has 0 fully saturated rings. The van der Waals surface area contributed by atoms with E-state index in [1.165, 1.54) is 11.1 Å². The van der Waals surface area contributed by atoms with Gasteiger partial charge in [-0.3, -0.25) is 0 Å². The monoisotopic (exact) mass is 242 g/mol. The molecule has 0 heterocycles. The van der Waals surface area contributed by atoms with Gasteiger partial charge in [0.2, 0.25) is 0 Å². The molecule has 1 nitrogen and oxygen atoms in total. The fraction of sp³-hybridized carbons (Fsp3) is 0.455. The summed E-state index contributed by atoms with van der Waals surface area (Å²) in [5, 5.41) is 0. The molecule has 13 heavy (non-hydrogen) atoms. The molecular weight excluding hydrogens is 228 g/mol. The summed E-state index contributed by atoms with van der Waals surface area (Å²) in [4.78, 5) is 0. The first-order chi connectivity index (χ1) is 6.15. The predicted octanol–water partition coefficient (Wildman–Crippen LogP) is 3.85. The SMILES string of the molecule is CCCOc1cc(C)c(C)cc1Br. The lowest BCUT2D eigenvalue weighted by Crippen LogP contribution is -1.96. The first-order valence-electron chi connectivity index (χ1n) is 4.54. The Morgan fingerprint density at radius 2 is 1.85 bits per heavy atom. The Bertz CT molecular complexity index is 294. The summed E-state index contributed by atoms with van der Waals surface area (Å²) < 4.78 is 6.62. The Labute approximate surface area is 88.2 Å². The number of aryl methyl sites for hydroxylation is 2. The second-order valence-corrected chi connectivity index (χ2v) is 4.07. The molecule has 0 aliphatic heterocycles. The third-order valence-corrected chi connectivity index (χ3v) is 2.63. The van der Waals surface area contributed by atoms with Crippen LogP contribution in [0.15, 0.2) is 16.6 Å². The van der Waals surface area contributed by atoms with Gasteiger partial charge in [-0.25, -0.2) is 0 Å². The molecule has 1 aromatic carbocycles. The maximum Gasteiger partial charge on any atom is 0.133 e. The lowest BCUT2D eigenvalue weighted by molar-refractivity contribution is 0.315. The van der Waals surface area contributed by atoms with Gasteiger partial charge in [0.25, 0.3) is 0 Å². The van der Waals surface area contributed by atoms with E-state index >= 15 is 0 Å². The van der Waals surface area contributed by atoms with Gasteiger partial charge in [0, 0.05) is 0 Å². The molecule has 0 saturated carbocycles. The molecule has 2 heteroatoms. The van der Waals surface area contributed by atoms with Gasteiger partial charge in [0.15, 0.2) is 0 Å². The van der Waals surface area contributed by atoms with Gasteiger partial charge in [-0.2, -0.15) is 0 Å². The molecule has 0 unspecified atom stereocenters. The van der Waals surface area contributed by atoms with Crippen LogP contribution in [0.1, 0.15) is 24.5 Å². The number of ether oxygens (including phenoxy) is 1. The normalized spacial score (nSPS) is 10.2. The van der Waals surface area contributed by atoms with Crippen LogP contribution in [0.3, 0.4) is 0 Å². The van der Waals surface area contributed by atoms with Crippen molar-refractivity contribution in [2.75, 3.05) is 6.61 Å². The lowest BCUT2D eigenvalue weighted by atomic mass is 10.1. The van der Waals surface area contributed by atoms with Crippen LogP contribution in [0, 0.1) is 13.8 Å². The molecule has 0 aliphatic rings. The molecule has 0 aliphatic carbocycles.